The van der Waals surface area contributed by atoms with Crippen LogP contribution in [0.2, 0.25) is 0 Å². The Kier molecular flexibility index (Phi) is 9.24. The number of ketones is 1. The van der Waals surface area contributed by atoms with Crippen LogP contribution in [0.4, 0.5) is 26.2 Å². The number of aliphatic imine (C=N–C) groups is 1. The number of rotatable bonds is 6. The predicted molar refractivity (Wildman–Crippen MR) is 165 cm³/mol. The molecular weight excluding hydrogens is 566 g/mol. The zero-order valence-electron chi connectivity index (χ0n) is 25.1. The number of carbonyl (C=O) groups excluding carboxylic acids is 1. The first kappa shape index (κ1) is 31.1. The molecule has 230 valence electrons. The lowest BCUT2D eigenvalue weighted by Crippen LogP contribution is -2.29. The number of pyridine rings is 1. The summed E-state index contributed by atoms with van der Waals surface area (Å²) in [5.41, 5.74) is 3.64. The van der Waals surface area contributed by atoms with Crippen LogP contribution in [-0.2, 0) is 15.0 Å². The van der Waals surface area contributed by atoms with Crippen molar-refractivity contribution >= 4 is 34.9 Å². The maximum atomic E-state index is 15.1. The van der Waals surface area contributed by atoms with Gasteiger partial charge in [-0.05, 0) is 101 Å². The molecule has 1 saturated carbocycles. The number of benzene rings is 1. The zero-order valence-corrected chi connectivity index (χ0v) is 25.1. The molecule has 4 heterocycles. The Morgan fingerprint density at radius 1 is 1.05 bits per heavy atom. The van der Waals surface area contributed by atoms with Gasteiger partial charge in [0.25, 0.3) is 0 Å². The van der Waals surface area contributed by atoms with E-state index in [-0.39, 0.29) is 22.8 Å². The molecule has 0 unspecified atom stereocenters. The summed E-state index contributed by atoms with van der Waals surface area (Å²) in [4.78, 5) is 39.6. The highest BCUT2D eigenvalue weighted by Crippen LogP contribution is 2.52. The maximum absolute atomic E-state index is 15.1. The fourth-order valence-electron chi connectivity index (χ4n) is 6.29. The van der Waals surface area contributed by atoms with Crippen molar-refractivity contribution in [2.24, 2.45) is 4.99 Å². The van der Waals surface area contributed by atoms with Crippen LogP contribution >= 0.6 is 0 Å². The molecule has 1 aromatic carbocycles. The number of hydrogen-bond donors (Lipinski definition) is 2. The zero-order chi connectivity index (χ0) is 31.4. The second kappa shape index (κ2) is 13.1. The van der Waals surface area contributed by atoms with Gasteiger partial charge >= 0.3 is 5.97 Å². The molecule has 0 amide bonds. The lowest BCUT2D eigenvalue weighted by atomic mass is 9.76. The molecule has 2 N–H and O–H groups in total. The molecule has 2 aliphatic heterocycles. The van der Waals surface area contributed by atoms with Gasteiger partial charge in [0.15, 0.2) is 11.6 Å². The van der Waals surface area contributed by atoms with Crippen LogP contribution in [0.15, 0.2) is 53.8 Å². The number of nitrogens with zero attached hydrogens (tertiary/aromatic N) is 5. The molecule has 0 radical (unpaired) electrons. The number of anilines is 2. The molecule has 2 aromatic heterocycles. The molecule has 2 fully saturated rings. The number of allylic oxidation sites excluding steroid dienone is 1. The summed E-state index contributed by atoms with van der Waals surface area (Å²) >= 11 is 0. The molecule has 9 nitrogen and oxygen atoms in total. The van der Waals surface area contributed by atoms with Gasteiger partial charge in [0.05, 0.1) is 6.20 Å². The average Bonchev–Trinajstić information content (AvgIpc) is 3.60. The lowest BCUT2D eigenvalue weighted by molar-refractivity contribution is -0.131. The van der Waals surface area contributed by atoms with E-state index < -0.39 is 17.6 Å². The lowest BCUT2D eigenvalue weighted by Gasteiger charge is -2.29. The number of halogens is 2. The number of nitrogens with one attached hydrogen (secondary N) is 1. The van der Waals surface area contributed by atoms with Gasteiger partial charge in [0.2, 0.25) is 5.95 Å². The molecule has 0 bridgehead atoms. The fraction of sp³-hybridized carbons (Fsp3) is 0.394. The van der Waals surface area contributed by atoms with Gasteiger partial charge in [-0.2, -0.15) is 0 Å². The van der Waals surface area contributed by atoms with E-state index in [1.54, 1.807) is 0 Å². The van der Waals surface area contributed by atoms with E-state index in [1.165, 1.54) is 18.6 Å². The summed E-state index contributed by atoms with van der Waals surface area (Å²) in [6.45, 7) is 5.45. The van der Waals surface area contributed by atoms with E-state index in [0.29, 0.717) is 23.0 Å². The Hall–Kier alpha value is -4.38. The van der Waals surface area contributed by atoms with Crippen molar-refractivity contribution in [2.75, 3.05) is 25.5 Å². The second-order valence-corrected chi connectivity index (χ2v) is 11.7. The summed E-state index contributed by atoms with van der Waals surface area (Å²) in [5.74, 6) is -1.08. The normalized spacial score (nSPS) is 17.7. The molecule has 0 atom stereocenters. The Bertz CT molecular complexity index is 1590. The van der Waals surface area contributed by atoms with Crippen LogP contribution in [0.1, 0.15) is 69.4 Å². The van der Waals surface area contributed by atoms with Crippen molar-refractivity contribution in [3.8, 4) is 11.3 Å². The summed E-state index contributed by atoms with van der Waals surface area (Å²) in [6.07, 6.45) is 11.1. The first-order valence-electron chi connectivity index (χ1n) is 14.8. The largest absolute Gasteiger partial charge is 0.478 e. The van der Waals surface area contributed by atoms with Crippen molar-refractivity contribution in [1.82, 2.24) is 19.9 Å². The Balaban J connectivity index is 0.000000426. The predicted octanol–water partition coefficient (Wildman–Crippen LogP) is 6.50. The molecular formula is C33H36F2N6O3. The first-order chi connectivity index (χ1) is 21.1. The van der Waals surface area contributed by atoms with Gasteiger partial charge in [-0.3, -0.25) is 9.79 Å². The number of likely N-dealkylation sites (tertiary alicyclic amines) is 1. The van der Waals surface area contributed by atoms with Gasteiger partial charge in [0.1, 0.15) is 23.0 Å². The van der Waals surface area contributed by atoms with Gasteiger partial charge in [0, 0.05) is 29.0 Å². The van der Waals surface area contributed by atoms with Crippen LogP contribution < -0.4 is 5.32 Å². The van der Waals surface area contributed by atoms with E-state index in [2.05, 4.69) is 43.3 Å². The molecule has 11 heteroatoms. The van der Waals surface area contributed by atoms with E-state index in [4.69, 9.17) is 5.11 Å². The Morgan fingerprint density at radius 2 is 1.77 bits per heavy atom. The number of hydrogen-bond acceptors (Lipinski definition) is 8. The quantitative estimate of drug-likeness (QED) is 0.307. The third-order valence-electron chi connectivity index (χ3n) is 8.70. The molecule has 6 rings (SSSR count). The minimum absolute atomic E-state index is 0.0647. The summed E-state index contributed by atoms with van der Waals surface area (Å²) < 4.78 is 30.0. The minimum atomic E-state index is -1.10. The smallest absolute Gasteiger partial charge is 0.328 e. The number of carboxylic acid groups (broad SMARTS) is 1. The topological polar surface area (TPSA) is 121 Å². The molecule has 1 aliphatic carbocycles. The van der Waals surface area contributed by atoms with Crippen LogP contribution in [0, 0.1) is 11.6 Å². The van der Waals surface area contributed by atoms with Crippen LogP contribution in [0.3, 0.4) is 0 Å². The summed E-state index contributed by atoms with van der Waals surface area (Å²) in [7, 11) is 2.15. The second-order valence-electron chi connectivity index (χ2n) is 11.7. The molecule has 1 spiro atoms. The van der Waals surface area contributed by atoms with E-state index in [0.717, 1.165) is 81.2 Å². The van der Waals surface area contributed by atoms with Gasteiger partial charge < -0.3 is 15.3 Å². The summed E-state index contributed by atoms with van der Waals surface area (Å²) in [6, 6.07) is 7.18. The molecule has 3 aromatic rings. The van der Waals surface area contributed by atoms with Crippen molar-refractivity contribution in [3.05, 3.63) is 71.6 Å². The van der Waals surface area contributed by atoms with Crippen molar-refractivity contribution in [1.29, 1.82) is 0 Å². The Labute approximate surface area is 255 Å². The summed E-state index contributed by atoms with van der Waals surface area (Å²) in [5, 5.41) is 11.0. The fourth-order valence-corrected chi connectivity index (χ4v) is 6.29. The van der Waals surface area contributed by atoms with E-state index in [1.807, 2.05) is 25.3 Å². The number of aliphatic carboxylic acids is 1. The minimum Gasteiger partial charge on any atom is -0.478 e. The molecule has 1 saturated heterocycles. The van der Waals surface area contributed by atoms with Crippen molar-refractivity contribution in [3.63, 3.8) is 0 Å². The van der Waals surface area contributed by atoms with Crippen molar-refractivity contribution in [2.45, 2.75) is 63.7 Å². The van der Waals surface area contributed by atoms with Gasteiger partial charge in [-0.25, -0.2) is 28.5 Å². The van der Waals surface area contributed by atoms with E-state index >= 15 is 4.39 Å². The number of piperidine rings is 1. The van der Waals surface area contributed by atoms with Gasteiger partial charge in [-0.15, -0.1) is 0 Å². The van der Waals surface area contributed by atoms with Gasteiger partial charge in [-0.1, -0.05) is 18.9 Å². The monoisotopic (exact) mass is 602 g/mol. The number of aromatic nitrogens is 3. The third-order valence-corrected chi connectivity index (χ3v) is 8.70. The number of fused-ring (bicyclic) bond motifs is 2. The highest BCUT2D eigenvalue weighted by molar-refractivity contribution is 6.01. The van der Waals surface area contributed by atoms with Crippen LogP contribution in [0.25, 0.3) is 11.3 Å². The first-order valence-corrected chi connectivity index (χ1v) is 14.8. The average molecular weight is 603 g/mol. The van der Waals surface area contributed by atoms with E-state index in [9.17, 15) is 14.0 Å². The number of carboxylic acids is 1. The highest BCUT2D eigenvalue weighted by atomic mass is 19.1. The standard InChI is InChI=1S/C28H30F2N6.C5H6O3/c1-17-28(9-3-4-10-28)21-13-20(14-22(29)26(21)33-17)25-23(30)16-32-27(35-25)34-24-6-5-19(15-31-24)18-7-11-36(2)12-8-18;1-4(6)2-3-5(7)8/h5-6,13-16,18H,3-4,7-12H2,1-2H3,(H,31,32,34,35);2-3H,1H3,(H,7,8)/b;3-2+. The van der Waals surface area contributed by atoms with Crippen LogP contribution in [-0.4, -0.2) is 62.6 Å². The Morgan fingerprint density at radius 3 is 2.39 bits per heavy atom. The molecule has 3 aliphatic rings. The third kappa shape index (κ3) is 6.72. The highest BCUT2D eigenvalue weighted by Gasteiger charge is 2.44. The SMILES string of the molecule is CC(=O)/C=C/C(=O)O.CC1=Nc2c(F)cc(-c3nc(Nc4ccc(C5CCN(C)CC5)cn4)ncc3F)cc2C12CCCC2. The molecule has 44 heavy (non-hydrogen) atoms. The van der Waals surface area contributed by atoms with Crippen molar-refractivity contribution < 1.29 is 23.5 Å². The van der Waals surface area contributed by atoms with Crippen LogP contribution in [0.5, 0.6) is 0 Å². The maximum Gasteiger partial charge on any atom is 0.328 e. The number of carbonyl (C=O) groups is 2.